The highest BCUT2D eigenvalue weighted by atomic mass is 16.5. The summed E-state index contributed by atoms with van der Waals surface area (Å²) in [5.74, 6) is 1.20. The van der Waals surface area contributed by atoms with Crippen LogP contribution in [-0.2, 0) is 9.59 Å². The van der Waals surface area contributed by atoms with Gasteiger partial charge in [0.1, 0.15) is 17.6 Å². The average Bonchev–Trinajstić information content (AvgIpc) is 3.00. The lowest BCUT2D eigenvalue weighted by Crippen LogP contribution is -2.61. The van der Waals surface area contributed by atoms with Crippen molar-refractivity contribution in [3.63, 3.8) is 0 Å². The quantitative estimate of drug-likeness (QED) is 0.767. The molecule has 2 aliphatic rings. The normalized spacial score (nSPS) is 18.8. The second-order valence-corrected chi connectivity index (χ2v) is 5.98. The van der Waals surface area contributed by atoms with E-state index in [2.05, 4.69) is 21.1 Å². The lowest BCUT2D eigenvalue weighted by molar-refractivity contribution is -0.129. The molecule has 1 fully saturated rings. The van der Waals surface area contributed by atoms with Crippen LogP contribution in [0.15, 0.2) is 40.7 Å². The lowest BCUT2D eigenvalue weighted by Gasteiger charge is -2.32. The van der Waals surface area contributed by atoms with Crippen LogP contribution in [0.5, 0.6) is 5.75 Å². The van der Waals surface area contributed by atoms with Gasteiger partial charge in [0.2, 0.25) is 17.8 Å². The minimum Gasteiger partial charge on any atom is -0.494 e. The Morgan fingerprint density at radius 3 is 2.72 bits per heavy atom. The third kappa shape index (κ3) is 3.57. The van der Waals surface area contributed by atoms with Crippen molar-refractivity contribution >= 4 is 23.5 Å². The van der Waals surface area contributed by atoms with E-state index in [1.54, 1.807) is 29.3 Å². The van der Waals surface area contributed by atoms with E-state index in [1.807, 2.05) is 20.8 Å². The van der Waals surface area contributed by atoms with E-state index in [0.717, 1.165) is 11.3 Å². The molecule has 3 N–H and O–H groups in total. The summed E-state index contributed by atoms with van der Waals surface area (Å²) in [7, 11) is 0. The number of carbonyl (C=O) groups is 2. The average molecular weight is 343 g/mol. The van der Waals surface area contributed by atoms with Crippen LogP contribution in [0, 0.1) is 0 Å². The molecule has 8 nitrogen and oxygen atoms in total. The molecule has 1 aromatic rings. The van der Waals surface area contributed by atoms with Crippen LogP contribution in [-0.4, -0.2) is 35.4 Å². The first-order valence-corrected chi connectivity index (χ1v) is 8.13. The van der Waals surface area contributed by atoms with Crippen molar-refractivity contribution in [3.05, 3.63) is 35.7 Å². The van der Waals surface area contributed by atoms with Crippen molar-refractivity contribution in [2.75, 3.05) is 11.9 Å². The number of fused-ring (bicyclic) bond motifs is 1. The second-order valence-electron chi connectivity index (χ2n) is 5.98. The summed E-state index contributed by atoms with van der Waals surface area (Å²) < 4.78 is 5.38. The van der Waals surface area contributed by atoms with Gasteiger partial charge in [0, 0.05) is 5.69 Å². The number of nitrogens with zero attached hydrogens (tertiary/aromatic N) is 2. The number of ether oxygens (including phenoxy) is 1. The van der Waals surface area contributed by atoms with Gasteiger partial charge >= 0.3 is 0 Å². The van der Waals surface area contributed by atoms with Crippen molar-refractivity contribution in [1.82, 2.24) is 15.8 Å². The number of hydrogen-bond acceptors (Lipinski definition) is 6. The Hall–Kier alpha value is -3.03. The van der Waals surface area contributed by atoms with Gasteiger partial charge in [-0.25, -0.2) is 5.01 Å². The number of amides is 2. The summed E-state index contributed by atoms with van der Waals surface area (Å²) >= 11 is 0. The van der Waals surface area contributed by atoms with Crippen LogP contribution in [0.2, 0.25) is 0 Å². The fourth-order valence-corrected chi connectivity index (χ4v) is 2.57. The third-order valence-electron chi connectivity index (χ3n) is 3.82. The Bertz CT molecular complexity index is 750. The van der Waals surface area contributed by atoms with Gasteiger partial charge in [-0.15, -0.1) is 0 Å². The Morgan fingerprint density at radius 2 is 2.08 bits per heavy atom. The summed E-state index contributed by atoms with van der Waals surface area (Å²) in [6.07, 6.45) is 0.0466. The molecule has 1 saturated heterocycles. The maximum atomic E-state index is 12.7. The predicted molar refractivity (Wildman–Crippen MR) is 93.6 cm³/mol. The molecule has 2 heterocycles. The molecule has 1 aromatic carbocycles. The van der Waals surface area contributed by atoms with Crippen LogP contribution < -0.4 is 20.8 Å². The zero-order valence-electron chi connectivity index (χ0n) is 14.4. The van der Waals surface area contributed by atoms with Crippen LogP contribution in [0.4, 0.5) is 5.69 Å². The molecule has 0 bridgehead atoms. The van der Waals surface area contributed by atoms with Crippen LogP contribution in [0.25, 0.3) is 0 Å². The van der Waals surface area contributed by atoms with E-state index in [0.29, 0.717) is 24.1 Å². The molecule has 0 spiro atoms. The molecule has 132 valence electrons. The third-order valence-corrected chi connectivity index (χ3v) is 3.82. The predicted octanol–water partition coefficient (Wildman–Crippen LogP) is 1.34. The highest BCUT2D eigenvalue weighted by Crippen LogP contribution is 2.20. The fraction of sp³-hybridized carbons (Fsp3) is 0.353. The fourth-order valence-electron chi connectivity index (χ4n) is 2.57. The minimum atomic E-state index is -0.684. The number of hydrogen-bond donors (Lipinski definition) is 3. The van der Waals surface area contributed by atoms with Gasteiger partial charge in [0.25, 0.3) is 0 Å². The smallest absolute Gasteiger partial charge is 0.249 e. The van der Waals surface area contributed by atoms with E-state index < -0.39 is 6.04 Å². The SMILES string of the molecule is CCOc1ccc(NC(=O)[C@H]2CC(=O)NC3=NC(=C(C)C)NN32)cc1. The number of aliphatic imine (C=N–C) groups is 1. The zero-order valence-corrected chi connectivity index (χ0v) is 14.4. The van der Waals surface area contributed by atoms with Gasteiger partial charge in [-0.1, -0.05) is 0 Å². The first-order chi connectivity index (χ1) is 12.0. The Labute approximate surface area is 145 Å². The van der Waals surface area contributed by atoms with Gasteiger partial charge < -0.3 is 10.1 Å². The molecule has 3 rings (SSSR count). The van der Waals surface area contributed by atoms with Gasteiger partial charge in [-0.2, -0.15) is 4.99 Å². The van der Waals surface area contributed by atoms with Crippen molar-refractivity contribution in [1.29, 1.82) is 0 Å². The summed E-state index contributed by atoms with van der Waals surface area (Å²) in [5, 5.41) is 7.10. The van der Waals surface area contributed by atoms with E-state index in [1.165, 1.54) is 0 Å². The second kappa shape index (κ2) is 6.84. The van der Waals surface area contributed by atoms with Gasteiger partial charge in [-0.05, 0) is 50.6 Å². The van der Waals surface area contributed by atoms with Gasteiger partial charge in [0.05, 0.1) is 13.0 Å². The molecule has 2 amide bonds. The lowest BCUT2D eigenvalue weighted by atomic mass is 10.1. The highest BCUT2D eigenvalue weighted by Gasteiger charge is 2.39. The zero-order chi connectivity index (χ0) is 18.0. The van der Waals surface area contributed by atoms with Crippen molar-refractivity contribution < 1.29 is 14.3 Å². The Morgan fingerprint density at radius 1 is 1.36 bits per heavy atom. The molecule has 0 aliphatic carbocycles. The summed E-state index contributed by atoms with van der Waals surface area (Å²) in [6.45, 7) is 6.30. The summed E-state index contributed by atoms with van der Waals surface area (Å²) in [4.78, 5) is 28.9. The van der Waals surface area contributed by atoms with Crippen LogP contribution in [0.3, 0.4) is 0 Å². The molecular formula is C17H21N5O3. The standard InChI is InChI=1S/C17H21N5O3/c1-4-25-12-7-5-11(6-8-12)18-16(24)13-9-14(23)19-17-20-15(10(2)3)21-22(13)17/h5-8,13,21H,4,9H2,1-3H3,(H,18,24)(H,19,20,23)/t13-/m1/s1. The largest absolute Gasteiger partial charge is 0.494 e. The summed E-state index contributed by atoms with van der Waals surface area (Å²) in [5.41, 5.74) is 4.67. The molecule has 2 aliphatic heterocycles. The summed E-state index contributed by atoms with van der Waals surface area (Å²) in [6, 6.07) is 6.42. The molecule has 1 atom stereocenters. The number of hydrazine groups is 1. The molecule has 8 heteroatoms. The van der Waals surface area contributed by atoms with E-state index in [9.17, 15) is 9.59 Å². The van der Waals surface area contributed by atoms with Crippen LogP contribution in [0.1, 0.15) is 27.2 Å². The van der Waals surface area contributed by atoms with Crippen molar-refractivity contribution in [2.24, 2.45) is 4.99 Å². The highest BCUT2D eigenvalue weighted by molar-refractivity contribution is 6.07. The van der Waals surface area contributed by atoms with Gasteiger partial charge in [-0.3, -0.25) is 20.3 Å². The number of benzene rings is 1. The topological polar surface area (TPSA) is 95.1 Å². The number of guanidine groups is 1. The van der Waals surface area contributed by atoms with Gasteiger partial charge in [0.15, 0.2) is 0 Å². The van der Waals surface area contributed by atoms with Crippen molar-refractivity contribution in [3.8, 4) is 5.75 Å². The maximum absolute atomic E-state index is 12.7. The molecular weight excluding hydrogens is 322 g/mol. The Balaban J connectivity index is 1.74. The van der Waals surface area contributed by atoms with Crippen LogP contribution >= 0.6 is 0 Å². The number of nitrogens with one attached hydrogen (secondary N) is 3. The molecule has 0 aromatic heterocycles. The Kier molecular flexibility index (Phi) is 4.60. The van der Waals surface area contributed by atoms with E-state index in [-0.39, 0.29) is 18.2 Å². The number of allylic oxidation sites excluding steroid dienone is 1. The molecule has 0 saturated carbocycles. The maximum Gasteiger partial charge on any atom is 0.249 e. The minimum absolute atomic E-state index is 0.0466. The first-order valence-electron chi connectivity index (χ1n) is 8.13. The molecule has 0 unspecified atom stereocenters. The van der Waals surface area contributed by atoms with Crippen molar-refractivity contribution in [2.45, 2.75) is 33.2 Å². The first kappa shape index (κ1) is 16.8. The number of rotatable bonds is 4. The van der Waals surface area contributed by atoms with E-state index >= 15 is 0 Å². The number of anilines is 1. The monoisotopic (exact) mass is 343 g/mol. The number of carbonyl (C=O) groups excluding carboxylic acids is 2. The molecule has 0 radical (unpaired) electrons. The van der Waals surface area contributed by atoms with E-state index in [4.69, 9.17) is 4.74 Å². The molecule has 25 heavy (non-hydrogen) atoms.